The summed E-state index contributed by atoms with van der Waals surface area (Å²) >= 11 is 0. The average molecular weight is 399 g/mol. The molecule has 0 saturated carbocycles. The van der Waals surface area contributed by atoms with E-state index in [0.717, 1.165) is 64.6 Å². The maximum absolute atomic E-state index is 12.7. The number of nitrogens with zero attached hydrogens (tertiary/aromatic N) is 1. The molecule has 2 amide bonds. The van der Waals surface area contributed by atoms with E-state index in [9.17, 15) is 9.59 Å². The number of carbonyl (C=O) groups excluding carboxylic acids is 2. The first-order valence-corrected chi connectivity index (χ1v) is 11.3. The largest absolute Gasteiger partial charge is 0.354 e. The van der Waals surface area contributed by atoms with E-state index in [2.05, 4.69) is 45.1 Å². The average Bonchev–Trinajstić information content (AvgIpc) is 3.28. The van der Waals surface area contributed by atoms with Crippen molar-refractivity contribution in [3.05, 3.63) is 35.4 Å². The summed E-state index contributed by atoms with van der Waals surface area (Å²) < 4.78 is 0. The number of fused-ring (bicyclic) bond motifs is 1. The number of hydrogen-bond acceptors (Lipinski definition) is 4. The van der Waals surface area contributed by atoms with Crippen LogP contribution in [0.5, 0.6) is 0 Å². The van der Waals surface area contributed by atoms with E-state index in [4.69, 9.17) is 0 Å². The van der Waals surface area contributed by atoms with Gasteiger partial charge in [0.25, 0.3) is 0 Å². The van der Waals surface area contributed by atoms with E-state index < -0.39 is 0 Å². The minimum atomic E-state index is -0.0150. The number of hydrogen-bond donors (Lipinski definition) is 3. The van der Waals surface area contributed by atoms with Gasteiger partial charge in [0.05, 0.1) is 18.6 Å². The van der Waals surface area contributed by atoms with Crippen LogP contribution in [0.15, 0.2) is 24.3 Å². The summed E-state index contributed by atoms with van der Waals surface area (Å²) in [5, 5.41) is 9.63. The lowest BCUT2D eigenvalue weighted by Gasteiger charge is -2.33. The van der Waals surface area contributed by atoms with Crippen molar-refractivity contribution in [1.82, 2.24) is 20.9 Å². The van der Waals surface area contributed by atoms with E-state index in [1.165, 1.54) is 11.1 Å². The molecule has 3 unspecified atom stereocenters. The molecule has 0 bridgehead atoms. The molecule has 1 aliphatic carbocycles. The van der Waals surface area contributed by atoms with Gasteiger partial charge in [-0.1, -0.05) is 24.3 Å². The molecule has 2 aliphatic heterocycles. The van der Waals surface area contributed by atoms with Crippen LogP contribution in [0.3, 0.4) is 0 Å². The standard InChI is InChI=1S/C23H34N4O2/c28-22(26-20-10-3-8-18-7-1-2-9-19(18)20)16-27-13-5-6-17(15-27)14-25-23(29)21-11-4-12-24-21/h1-2,7,9,17,20-21,24H,3-6,8,10-16H2,(H,25,29)(H,26,28). The van der Waals surface area contributed by atoms with Crippen molar-refractivity contribution in [3.8, 4) is 0 Å². The highest BCUT2D eigenvalue weighted by Gasteiger charge is 2.26. The van der Waals surface area contributed by atoms with Gasteiger partial charge < -0.3 is 16.0 Å². The van der Waals surface area contributed by atoms with Gasteiger partial charge in [-0.05, 0) is 75.1 Å². The molecule has 2 heterocycles. The first-order valence-electron chi connectivity index (χ1n) is 11.3. The van der Waals surface area contributed by atoms with Crippen LogP contribution in [-0.2, 0) is 16.0 Å². The molecule has 29 heavy (non-hydrogen) atoms. The highest BCUT2D eigenvalue weighted by molar-refractivity contribution is 5.82. The smallest absolute Gasteiger partial charge is 0.237 e. The van der Waals surface area contributed by atoms with E-state index in [0.29, 0.717) is 19.0 Å². The predicted octanol–water partition coefficient (Wildman–Crippen LogP) is 1.76. The summed E-state index contributed by atoms with van der Waals surface area (Å²) in [6, 6.07) is 8.60. The summed E-state index contributed by atoms with van der Waals surface area (Å²) in [6.45, 7) is 3.95. The lowest BCUT2D eigenvalue weighted by atomic mass is 9.88. The van der Waals surface area contributed by atoms with Crippen molar-refractivity contribution in [2.75, 3.05) is 32.7 Å². The van der Waals surface area contributed by atoms with Gasteiger partial charge in [-0.2, -0.15) is 0 Å². The molecule has 6 nitrogen and oxygen atoms in total. The number of benzene rings is 1. The van der Waals surface area contributed by atoms with Gasteiger partial charge in [0, 0.05) is 13.1 Å². The number of carbonyl (C=O) groups is 2. The van der Waals surface area contributed by atoms with E-state index in [1.54, 1.807) is 0 Å². The van der Waals surface area contributed by atoms with Crippen LogP contribution in [-0.4, -0.2) is 55.5 Å². The Morgan fingerprint density at radius 3 is 2.86 bits per heavy atom. The summed E-state index contributed by atoms with van der Waals surface area (Å²) in [6.07, 6.45) is 7.48. The van der Waals surface area contributed by atoms with Gasteiger partial charge >= 0.3 is 0 Å². The predicted molar refractivity (Wildman–Crippen MR) is 113 cm³/mol. The number of nitrogens with one attached hydrogen (secondary N) is 3. The van der Waals surface area contributed by atoms with E-state index >= 15 is 0 Å². The molecule has 6 heteroatoms. The fourth-order valence-corrected chi connectivity index (χ4v) is 5.08. The van der Waals surface area contributed by atoms with Gasteiger partial charge in [0.2, 0.25) is 11.8 Å². The highest BCUT2D eigenvalue weighted by atomic mass is 16.2. The Morgan fingerprint density at radius 2 is 2.00 bits per heavy atom. The molecule has 2 fully saturated rings. The minimum Gasteiger partial charge on any atom is -0.354 e. The van der Waals surface area contributed by atoms with Gasteiger partial charge in [0.15, 0.2) is 0 Å². The normalized spacial score (nSPS) is 27.2. The zero-order valence-corrected chi connectivity index (χ0v) is 17.3. The quantitative estimate of drug-likeness (QED) is 0.683. The minimum absolute atomic E-state index is 0.0150. The summed E-state index contributed by atoms with van der Waals surface area (Å²) in [5.74, 6) is 0.678. The molecular weight excluding hydrogens is 364 g/mol. The molecule has 2 saturated heterocycles. The maximum Gasteiger partial charge on any atom is 0.237 e. The zero-order chi connectivity index (χ0) is 20.1. The first kappa shape index (κ1) is 20.4. The van der Waals surface area contributed by atoms with Crippen LogP contribution in [0, 0.1) is 5.92 Å². The van der Waals surface area contributed by atoms with Gasteiger partial charge in [-0.15, -0.1) is 0 Å². The Labute approximate surface area is 173 Å². The first-order chi connectivity index (χ1) is 14.2. The molecule has 1 aromatic rings. The molecule has 0 spiro atoms. The number of piperidine rings is 1. The molecule has 3 atom stereocenters. The van der Waals surface area contributed by atoms with Crippen molar-refractivity contribution in [2.24, 2.45) is 5.92 Å². The second-order valence-electron chi connectivity index (χ2n) is 8.85. The number of aryl methyl sites for hydroxylation is 1. The Balaban J connectivity index is 1.23. The Bertz CT molecular complexity index is 717. The fraction of sp³-hybridized carbons (Fsp3) is 0.652. The third kappa shape index (κ3) is 5.37. The van der Waals surface area contributed by atoms with Gasteiger partial charge in [-0.3, -0.25) is 14.5 Å². The summed E-state index contributed by atoms with van der Waals surface area (Å²) in [5.41, 5.74) is 2.65. The zero-order valence-electron chi connectivity index (χ0n) is 17.3. The topological polar surface area (TPSA) is 73.5 Å². The summed E-state index contributed by atoms with van der Waals surface area (Å²) in [7, 11) is 0. The molecule has 0 aromatic heterocycles. The highest BCUT2D eigenvalue weighted by Crippen LogP contribution is 2.29. The van der Waals surface area contributed by atoms with Crippen LogP contribution in [0.2, 0.25) is 0 Å². The summed E-state index contributed by atoms with van der Waals surface area (Å²) in [4.78, 5) is 27.2. The van der Waals surface area contributed by atoms with Crippen molar-refractivity contribution in [3.63, 3.8) is 0 Å². The van der Waals surface area contributed by atoms with Crippen LogP contribution >= 0.6 is 0 Å². The van der Waals surface area contributed by atoms with E-state index in [-0.39, 0.29) is 23.9 Å². The fourth-order valence-electron chi connectivity index (χ4n) is 5.08. The van der Waals surface area contributed by atoms with E-state index in [1.807, 2.05) is 0 Å². The Hall–Kier alpha value is -1.92. The Kier molecular flexibility index (Phi) is 6.82. The molecule has 1 aromatic carbocycles. The van der Waals surface area contributed by atoms with Crippen LogP contribution in [0.25, 0.3) is 0 Å². The SMILES string of the molecule is O=C(CN1CCCC(CNC(=O)C2CCCN2)C1)NC1CCCc2ccccc21. The number of rotatable bonds is 6. The third-order valence-electron chi connectivity index (χ3n) is 6.62. The number of amides is 2. The van der Waals surface area contributed by atoms with Crippen LogP contribution < -0.4 is 16.0 Å². The van der Waals surface area contributed by atoms with Crippen molar-refractivity contribution < 1.29 is 9.59 Å². The monoisotopic (exact) mass is 398 g/mol. The lowest BCUT2D eigenvalue weighted by Crippen LogP contribution is -2.47. The van der Waals surface area contributed by atoms with Gasteiger partial charge in [0.1, 0.15) is 0 Å². The molecule has 158 valence electrons. The molecule has 3 aliphatic rings. The van der Waals surface area contributed by atoms with Crippen molar-refractivity contribution in [2.45, 2.75) is 57.0 Å². The maximum atomic E-state index is 12.7. The van der Waals surface area contributed by atoms with Gasteiger partial charge in [-0.25, -0.2) is 0 Å². The Morgan fingerprint density at radius 1 is 1.10 bits per heavy atom. The lowest BCUT2D eigenvalue weighted by molar-refractivity contribution is -0.124. The van der Waals surface area contributed by atoms with Crippen LogP contribution in [0.1, 0.15) is 55.7 Å². The molecular formula is C23H34N4O2. The second kappa shape index (κ2) is 9.72. The number of likely N-dealkylation sites (tertiary alicyclic amines) is 1. The molecule has 3 N–H and O–H groups in total. The van der Waals surface area contributed by atoms with Crippen molar-refractivity contribution in [1.29, 1.82) is 0 Å². The second-order valence-corrected chi connectivity index (χ2v) is 8.85. The molecule has 0 radical (unpaired) electrons. The molecule has 4 rings (SSSR count). The van der Waals surface area contributed by atoms with Crippen molar-refractivity contribution >= 4 is 11.8 Å². The third-order valence-corrected chi connectivity index (χ3v) is 6.62. The van der Waals surface area contributed by atoms with Crippen LogP contribution in [0.4, 0.5) is 0 Å².